The van der Waals surface area contributed by atoms with Gasteiger partial charge in [-0.2, -0.15) is 0 Å². The quantitative estimate of drug-likeness (QED) is 0.797. The van der Waals surface area contributed by atoms with Gasteiger partial charge in [0.25, 0.3) is 0 Å². The van der Waals surface area contributed by atoms with Crippen LogP contribution in [0, 0.1) is 6.92 Å². The number of aromatic nitrogens is 1. The van der Waals surface area contributed by atoms with Crippen molar-refractivity contribution in [2.24, 2.45) is 0 Å². The maximum Gasteiger partial charge on any atom is 0.107 e. The number of rotatable bonds is 3. The van der Waals surface area contributed by atoms with Crippen molar-refractivity contribution in [1.82, 2.24) is 14.8 Å². The van der Waals surface area contributed by atoms with Crippen LogP contribution in [0.1, 0.15) is 15.6 Å². The van der Waals surface area contributed by atoms with Crippen LogP contribution in [0.15, 0.2) is 0 Å². The molecule has 1 aromatic heterocycles. The zero-order valence-corrected chi connectivity index (χ0v) is 12.3. The number of halogens is 1. The number of nitrogens with zero attached hydrogens (tertiary/aromatic N) is 3. The summed E-state index contributed by atoms with van der Waals surface area (Å²) in [6.07, 6.45) is 0. The first-order valence-corrected chi connectivity index (χ1v) is 7.55. The molecule has 0 amide bonds. The first-order valence-electron chi connectivity index (χ1n) is 5.61. The molecular formula is C11H18BrN3S. The van der Waals surface area contributed by atoms with Crippen molar-refractivity contribution in [1.29, 1.82) is 0 Å². The Morgan fingerprint density at radius 1 is 1.31 bits per heavy atom. The third kappa shape index (κ3) is 3.03. The summed E-state index contributed by atoms with van der Waals surface area (Å²) in [6, 6.07) is 0. The molecule has 0 bridgehead atoms. The molecule has 1 aliphatic rings. The highest BCUT2D eigenvalue weighted by Gasteiger charge is 2.16. The van der Waals surface area contributed by atoms with Crippen LogP contribution >= 0.6 is 27.3 Å². The second kappa shape index (κ2) is 5.58. The van der Waals surface area contributed by atoms with Crippen LogP contribution in [0.3, 0.4) is 0 Å². The lowest BCUT2D eigenvalue weighted by Gasteiger charge is -2.31. The fourth-order valence-electron chi connectivity index (χ4n) is 1.88. The average molecular weight is 304 g/mol. The maximum absolute atomic E-state index is 4.63. The third-order valence-corrected chi connectivity index (χ3v) is 5.09. The lowest BCUT2D eigenvalue weighted by Crippen LogP contribution is -2.43. The Morgan fingerprint density at radius 2 is 2.00 bits per heavy atom. The molecule has 1 aromatic rings. The number of aryl methyl sites for hydroxylation is 1. The summed E-state index contributed by atoms with van der Waals surface area (Å²) in [5, 5.41) is 2.19. The van der Waals surface area contributed by atoms with Gasteiger partial charge in [0.2, 0.25) is 0 Å². The molecule has 1 fully saturated rings. The minimum absolute atomic E-state index is 0.930. The first-order chi connectivity index (χ1) is 7.69. The largest absolute Gasteiger partial charge is 0.304 e. The van der Waals surface area contributed by atoms with Crippen LogP contribution in [0.2, 0.25) is 0 Å². The van der Waals surface area contributed by atoms with Crippen LogP contribution in [-0.2, 0) is 11.9 Å². The van der Waals surface area contributed by atoms with Gasteiger partial charge in [0, 0.05) is 36.4 Å². The summed E-state index contributed by atoms with van der Waals surface area (Å²) >= 11 is 5.35. The Kier molecular flexibility index (Phi) is 4.35. The molecule has 16 heavy (non-hydrogen) atoms. The molecule has 0 atom stereocenters. The summed E-state index contributed by atoms with van der Waals surface area (Å²) in [5.74, 6) is 0. The molecule has 0 unspecified atom stereocenters. The van der Waals surface area contributed by atoms with E-state index in [1.54, 1.807) is 0 Å². The SMILES string of the molecule is Cc1nc(CN2CCN(C)CC2)sc1CBr. The van der Waals surface area contributed by atoms with Crippen LogP contribution in [0.5, 0.6) is 0 Å². The minimum Gasteiger partial charge on any atom is -0.304 e. The number of hydrogen-bond acceptors (Lipinski definition) is 4. The molecule has 0 spiro atoms. The fourth-order valence-corrected chi connectivity index (χ4v) is 3.59. The number of piperazine rings is 1. The van der Waals surface area contributed by atoms with Gasteiger partial charge < -0.3 is 4.90 Å². The van der Waals surface area contributed by atoms with Crippen LogP contribution in [0.25, 0.3) is 0 Å². The average Bonchev–Trinajstić information content (AvgIpc) is 2.62. The minimum atomic E-state index is 0.930. The Labute approximate surface area is 110 Å². The summed E-state index contributed by atoms with van der Waals surface area (Å²) < 4.78 is 0. The summed E-state index contributed by atoms with van der Waals surface area (Å²) in [5.41, 5.74) is 1.19. The lowest BCUT2D eigenvalue weighted by atomic mass is 10.3. The zero-order chi connectivity index (χ0) is 11.5. The summed E-state index contributed by atoms with van der Waals surface area (Å²) in [4.78, 5) is 10.9. The van der Waals surface area contributed by atoms with Gasteiger partial charge >= 0.3 is 0 Å². The number of alkyl halides is 1. The molecule has 3 nitrogen and oxygen atoms in total. The monoisotopic (exact) mass is 303 g/mol. The van der Waals surface area contributed by atoms with Crippen molar-refractivity contribution in [3.63, 3.8) is 0 Å². The number of hydrogen-bond donors (Lipinski definition) is 0. The van der Waals surface area contributed by atoms with E-state index in [0.29, 0.717) is 0 Å². The fraction of sp³-hybridized carbons (Fsp3) is 0.727. The van der Waals surface area contributed by atoms with E-state index >= 15 is 0 Å². The van der Waals surface area contributed by atoms with E-state index in [1.807, 2.05) is 11.3 Å². The first kappa shape index (κ1) is 12.5. The van der Waals surface area contributed by atoms with Crippen LogP contribution < -0.4 is 0 Å². The molecule has 2 rings (SSSR count). The molecule has 1 aliphatic heterocycles. The van der Waals surface area contributed by atoms with Gasteiger partial charge in [-0.15, -0.1) is 11.3 Å². The Balaban J connectivity index is 1.93. The van der Waals surface area contributed by atoms with E-state index in [0.717, 1.165) is 11.9 Å². The predicted molar refractivity (Wildman–Crippen MR) is 72.3 cm³/mol. The summed E-state index contributed by atoms with van der Waals surface area (Å²) in [7, 11) is 2.19. The van der Waals surface area contributed by atoms with Crippen molar-refractivity contribution in [3.05, 3.63) is 15.6 Å². The highest BCUT2D eigenvalue weighted by Crippen LogP contribution is 2.22. The number of likely N-dealkylation sites (N-methyl/N-ethyl adjacent to an activating group) is 1. The van der Waals surface area contributed by atoms with E-state index in [2.05, 4.69) is 44.7 Å². The van der Waals surface area contributed by atoms with Crippen molar-refractivity contribution in [2.75, 3.05) is 33.2 Å². The van der Waals surface area contributed by atoms with Crippen molar-refractivity contribution < 1.29 is 0 Å². The molecule has 0 radical (unpaired) electrons. The van der Waals surface area contributed by atoms with Gasteiger partial charge in [0.1, 0.15) is 5.01 Å². The van der Waals surface area contributed by atoms with E-state index in [9.17, 15) is 0 Å². The highest BCUT2D eigenvalue weighted by atomic mass is 79.9. The van der Waals surface area contributed by atoms with Gasteiger partial charge in [-0.25, -0.2) is 4.98 Å². The molecule has 90 valence electrons. The Bertz CT molecular complexity index is 345. The second-order valence-electron chi connectivity index (χ2n) is 4.33. The van der Waals surface area contributed by atoms with Crippen molar-refractivity contribution in [2.45, 2.75) is 18.8 Å². The van der Waals surface area contributed by atoms with Gasteiger partial charge in [-0.3, -0.25) is 4.90 Å². The standard InChI is InChI=1S/C11H18BrN3S/c1-9-10(7-12)16-11(13-9)8-15-5-3-14(2)4-6-15/h3-8H2,1-2H3. The van der Waals surface area contributed by atoms with Crippen LogP contribution in [-0.4, -0.2) is 48.0 Å². The van der Waals surface area contributed by atoms with Crippen molar-refractivity contribution in [3.8, 4) is 0 Å². The van der Waals surface area contributed by atoms with Crippen molar-refractivity contribution >= 4 is 27.3 Å². The van der Waals surface area contributed by atoms with E-state index < -0.39 is 0 Å². The van der Waals surface area contributed by atoms with Gasteiger partial charge in [0.05, 0.1) is 12.2 Å². The normalized spacial score (nSPS) is 19.2. The molecule has 0 aliphatic carbocycles. The molecule has 2 heterocycles. The molecule has 5 heteroatoms. The lowest BCUT2D eigenvalue weighted by molar-refractivity contribution is 0.148. The smallest absolute Gasteiger partial charge is 0.107 e. The Morgan fingerprint density at radius 3 is 2.56 bits per heavy atom. The predicted octanol–water partition coefficient (Wildman–Crippen LogP) is 2.09. The third-order valence-electron chi connectivity index (χ3n) is 3.01. The van der Waals surface area contributed by atoms with Gasteiger partial charge in [-0.05, 0) is 14.0 Å². The molecule has 0 aromatic carbocycles. The molecular weight excluding hydrogens is 286 g/mol. The maximum atomic E-state index is 4.63. The zero-order valence-electron chi connectivity index (χ0n) is 9.87. The second-order valence-corrected chi connectivity index (χ2v) is 6.06. The van der Waals surface area contributed by atoms with E-state index in [4.69, 9.17) is 0 Å². The van der Waals surface area contributed by atoms with E-state index in [1.165, 1.54) is 41.8 Å². The Hall–Kier alpha value is 0.0300. The topological polar surface area (TPSA) is 19.4 Å². The molecule has 1 saturated heterocycles. The highest BCUT2D eigenvalue weighted by molar-refractivity contribution is 9.08. The summed E-state index contributed by atoms with van der Waals surface area (Å²) in [6.45, 7) is 7.80. The van der Waals surface area contributed by atoms with Gasteiger partial charge in [0.15, 0.2) is 0 Å². The molecule has 0 N–H and O–H groups in total. The van der Waals surface area contributed by atoms with E-state index in [-0.39, 0.29) is 0 Å². The van der Waals surface area contributed by atoms with Crippen LogP contribution in [0.4, 0.5) is 0 Å². The number of thiazole rings is 1. The molecule has 0 saturated carbocycles. The van der Waals surface area contributed by atoms with Gasteiger partial charge in [-0.1, -0.05) is 15.9 Å².